The molecule has 0 spiro atoms. The van der Waals surface area contributed by atoms with Crippen molar-refractivity contribution < 1.29 is 19.4 Å². The van der Waals surface area contributed by atoms with Crippen LogP contribution in [0.5, 0.6) is 5.75 Å². The number of nitrogens with zero attached hydrogens (tertiary/aromatic N) is 6. The molecular weight excluding hydrogens is 450 g/mol. The van der Waals surface area contributed by atoms with Crippen molar-refractivity contribution in [1.29, 1.82) is 0 Å². The average Bonchev–Trinajstić information content (AvgIpc) is 3.51. The lowest BCUT2D eigenvalue weighted by Crippen LogP contribution is -2.17. The Balaban J connectivity index is 1.74. The smallest absolute Gasteiger partial charge is 0.358 e. The number of aryl methyl sites for hydroxylation is 1. The molecule has 0 radical (unpaired) electrons. The van der Waals surface area contributed by atoms with Crippen LogP contribution in [0.2, 0.25) is 0 Å². The summed E-state index contributed by atoms with van der Waals surface area (Å²) in [4.78, 5) is 24.5. The fourth-order valence-electron chi connectivity index (χ4n) is 3.54. The predicted octanol–water partition coefficient (Wildman–Crippen LogP) is 3.41. The van der Waals surface area contributed by atoms with Crippen molar-refractivity contribution in [2.24, 2.45) is 0 Å². The van der Waals surface area contributed by atoms with Gasteiger partial charge < -0.3 is 15.2 Å². The highest BCUT2D eigenvalue weighted by molar-refractivity contribution is 6.06. The van der Waals surface area contributed by atoms with Crippen LogP contribution in [0, 0.1) is 6.92 Å². The number of anilines is 1. The summed E-state index contributed by atoms with van der Waals surface area (Å²) in [5.41, 5.74) is 3.45. The highest BCUT2D eigenvalue weighted by atomic mass is 16.5. The van der Waals surface area contributed by atoms with Gasteiger partial charge in [-0.2, -0.15) is 0 Å². The zero-order valence-electron chi connectivity index (χ0n) is 20.0. The van der Waals surface area contributed by atoms with Gasteiger partial charge in [-0.1, -0.05) is 32.1 Å². The van der Waals surface area contributed by atoms with E-state index in [0.717, 1.165) is 11.1 Å². The molecule has 0 atom stereocenters. The molecule has 2 N–H and O–H groups in total. The van der Waals surface area contributed by atoms with Crippen LogP contribution in [-0.2, 0) is 5.41 Å². The third-order valence-corrected chi connectivity index (χ3v) is 5.52. The van der Waals surface area contributed by atoms with Gasteiger partial charge in [0.25, 0.3) is 5.91 Å². The van der Waals surface area contributed by atoms with E-state index >= 15 is 0 Å². The molecule has 0 saturated heterocycles. The Morgan fingerprint density at radius 1 is 1.06 bits per heavy atom. The highest BCUT2D eigenvalue weighted by Gasteiger charge is 2.22. The molecule has 11 nitrogen and oxygen atoms in total. The maximum Gasteiger partial charge on any atom is 0.358 e. The topological polar surface area (TPSA) is 137 Å². The van der Waals surface area contributed by atoms with E-state index in [1.807, 2.05) is 19.1 Å². The molecule has 2 aromatic heterocycles. The summed E-state index contributed by atoms with van der Waals surface area (Å²) < 4.78 is 8.73. The molecule has 11 heteroatoms. The van der Waals surface area contributed by atoms with Gasteiger partial charge in [-0.3, -0.25) is 9.36 Å². The van der Waals surface area contributed by atoms with Gasteiger partial charge in [0, 0.05) is 5.56 Å². The first kappa shape index (κ1) is 23.6. The van der Waals surface area contributed by atoms with Gasteiger partial charge in [-0.15, -0.1) is 15.3 Å². The van der Waals surface area contributed by atoms with Crippen LogP contribution in [0.3, 0.4) is 0 Å². The van der Waals surface area contributed by atoms with Gasteiger partial charge >= 0.3 is 5.97 Å². The summed E-state index contributed by atoms with van der Waals surface area (Å²) in [7, 11) is 1.53. The summed E-state index contributed by atoms with van der Waals surface area (Å²) >= 11 is 0. The van der Waals surface area contributed by atoms with Crippen LogP contribution in [0.4, 0.5) is 5.69 Å². The molecule has 1 amide bonds. The van der Waals surface area contributed by atoms with Gasteiger partial charge in [0.05, 0.1) is 30.4 Å². The minimum atomic E-state index is -1.18. The Hall–Kier alpha value is -4.54. The van der Waals surface area contributed by atoms with Crippen LogP contribution in [0.15, 0.2) is 49.2 Å². The van der Waals surface area contributed by atoms with E-state index in [-0.39, 0.29) is 17.0 Å². The summed E-state index contributed by atoms with van der Waals surface area (Å²) in [6, 6.07) is 8.94. The first-order valence-electron chi connectivity index (χ1n) is 10.7. The number of hydrogen-bond acceptors (Lipinski definition) is 7. The molecule has 4 rings (SSSR count). The van der Waals surface area contributed by atoms with E-state index in [2.05, 4.69) is 46.6 Å². The monoisotopic (exact) mass is 475 g/mol. The SMILES string of the molecule is COc1c(NC(=O)c2ccc(C)c(-n3cc(C(=O)O)nn3)c2)cc(C(C)(C)C)cc1-n1cnnc1. The maximum atomic E-state index is 13.3. The lowest BCUT2D eigenvalue weighted by Gasteiger charge is -2.24. The van der Waals surface area contributed by atoms with Crippen LogP contribution >= 0.6 is 0 Å². The molecule has 180 valence electrons. The molecule has 2 heterocycles. The Bertz CT molecular complexity index is 1400. The molecule has 0 aliphatic rings. The molecule has 0 aliphatic carbocycles. The number of nitrogens with one attached hydrogen (secondary N) is 1. The Morgan fingerprint density at radius 3 is 2.37 bits per heavy atom. The van der Waals surface area contributed by atoms with E-state index in [4.69, 9.17) is 9.84 Å². The number of carbonyl (C=O) groups excluding carboxylic acids is 1. The molecule has 4 aromatic rings. The minimum absolute atomic E-state index is 0.190. The first-order chi connectivity index (χ1) is 16.6. The van der Waals surface area contributed by atoms with E-state index in [1.54, 1.807) is 35.4 Å². The Labute approximate surface area is 201 Å². The summed E-state index contributed by atoms with van der Waals surface area (Å²) in [5.74, 6) is -1.10. The zero-order chi connectivity index (χ0) is 25.3. The van der Waals surface area contributed by atoms with Crippen molar-refractivity contribution in [2.75, 3.05) is 12.4 Å². The summed E-state index contributed by atoms with van der Waals surface area (Å²) in [6.45, 7) is 8.06. The average molecular weight is 476 g/mol. The summed E-state index contributed by atoms with van der Waals surface area (Å²) in [5, 5.41) is 27.4. The molecule has 2 aromatic carbocycles. The van der Waals surface area contributed by atoms with Crippen molar-refractivity contribution in [1.82, 2.24) is 29.8 Å². The second-order valence-electron chi connectivity index (χ2n) is 9.00. The van der Waals surface area contributed by atoms with E-state index in [0.29, 0.717) is 28.4 Å². The molecule has 0 bridgehead atoms. The zero-order valence-corrected chi connectivity index (χ0v) is 20.0. The maximum absolute atomic E-state index is 13.3. The molecule has 0 saturated carbocycles. The predicted molar refractivity (Wildman–Crippen MR) is 128 cm³/mol. The third-order valence-electron chi connectivity index (χ3n) is 5.52. The number of carboxylic acids is 1. The minimum Gasteiger partial charge on any atom is -0.492 e. The lowest BCUT2D eigenvalue weighted by molar-refractivity contribution is 0.0690. The normalized spacial score (nSPS) is 11.3. The van der Waals surface area contributed by atoms with Crippen LogP contribution in [0.1, 0.15) is 52.7 Å². The third kappa shape index (κ3) is 4.74. The number of benzene rings is 2. The second-order valence-corrected chi connectivity index (χ2v) is 9.00. The first-order valence-corrected chi connectivity index (χ1v) is 10.7. The fourth-order valence-corrected chi connectivity index (χ4v) is 3.54. The number of carboxylic acid groups (broad SMARTS) is 1. The van der Waals surface area contributed by atoms with Crippen LogP contribution < -0.4 is 10.1 Å². The van der Waals surface area contributed by atoms with Crippen LogP contribution in [0.25, 0.3) is 11.4 Å². The van der Waals surface area contributed by atoms with Gasteiger partial charge in [0.2, 0.25) is 0 Å². The van der Waals surface area contributed by atoms with Crippen molar-refractivity contribution in [2.45, 2.75) is 33.1 Å². The number of ether oxygens (including phenoxy) is 1. The molecule has 35 heavy (non-hydrogen) atoms. The standard InChI is InChI=1S/C24H25N7O4/c1-14-6-7-15(8-19(14)31-11-18(23(33)34)28-29-31)22(32)27-17-9-16(24(2,3)4)10-20(21(17)35-5)30-12-25-26-13-30/h6-13H,1-5H3,(H,27,32)(H,33,34). The van der Waals surface area contributed by atoms with Crippen molar-refractivity contribution in [3.05, 3.63) is 71.6 Å². The number of hydrogen-bond donors (Lipinski definition) is 2. The number of rotatable bonds is 6. The van der Waals surface area contributed by atoms with Crippen LogP contribution in [-0.4, -0.2) is 53.9 Å². The number of amides is 1. The highest BCUT2D eigenvalue weighted by Crippen LogP contribution is 2.37. The summed E-state index contributed by atoms with van der Waals surface area (Å²) in [6.07, 6.45) is 4.42. The lowest BCUT2D eigenvalue weighted by atomic mass is 9.86. The Kier molecular flexibility index (Phi) is 6.08. The van der Waals surface area contributed by atoms with Gasteiger partial charge in [0.1, 0.15) is 12.7 Å². The number of aromatic carboxylic acids is 1. The van der Waals surface area contributed by atoms with E-state index in [9.17, 15) is 9.59 Å². The number of methoxy groups -OCH3 is 1. The van der Waals surface area contributed by atoms with Crippen molar-refractivity contribution in [3.8, 4) is 17.1 Å². The van der Waals surface area contributed by atoms with Crippen molar-refractivity contribution >= 4 is 17.6 Å². The fraction of sp³-hybridized carbons (Fsp3) is 0.250. The van der Waals surface area contributed by atoms with Gasteiger partial charge in [-0.05, 0) is 47.7 Å². The van der Waals surface area contributed by atoms with Gasteiger partial charge in [0.15, 0.2) is 11.4 Å². The molecule has 0 unspecified atom stereocenters. The quantitative estimate of drug-likeness (QED) is 0.433. The molecular formula is C24H25N7O4. The largest absolute Gasteiger partial charge is 0.492 e. The van der Waals surface area contributed by atoms with Crippen molar-refractivity contribution in [3.63, 3.8) is 0 Å². The molecule has 0 fully saturated rings. The number of aromatic nitrogens is 6. The second kappa shape index (κ2) is 9.01. The Morgan fingerprint density at radius 2 is 1.77 bits per heavy atom. The van der Waals surface area contributed by atoms with Gasteiger partial charge in [-0.25, -0.2) is 9.48 Å². The van der Waals surface area contributed by atoms with E-state index in [1.165, 1.54) is 18.0 Å². The molecule has 0 aliphatic heterocycles. The van der Waals surface area contributed by atoms with E-state index < -0.39 is 5.97 Å². The number of carbonyl (C=O) groups is 2.